The van der Waals surface area contributed by atoms with Crippen molar-refractivity contribution >= 4 is 62.8 Å². The van der Waals surface area contributed by atoms with Gasteiger partial charge in [0.1, 0.15) is 6.61 Å². The molecule has 0 heterocycles. The van der Waals surface area contributed by atoms with E-state index in [-0.39, 0.29) is 25.4 Å². The Bertz CT molecular complexity index is 1280. The van der Waals surface area contributed by atoms with Crippen molar-refractivity contribution in [3.8, 4) is 11.5 Å². The van der Waals surface area contributed by atoms with E-state index in [1.807, 2.05) is 31.2 Å². The van der Waals surface area contributed by atoms with Gasteiger partial charge in [-0.3, -0.25) is 9.59 Å². The third-order valence-electron chi connectivity index (χ3n) is 5.02. The van der Waals surface area contributed by atoms with Crippen molar-refractivity contribution in [2.75, 3.05) is 12.4 Å². The molecule has 0 spiro atoms. The first-order valence-corrected chi connectivity index (χ1v) is 12.4. The highest BCUT2D eigenvalue weighted by atomic mass is 79.9. The van der Waals surface area contributed by atoms with Gasteiger partial charge in [0, 0.05) is 34.1 Å². The number of methoxy groups -OCH3 is 1. The van der Waals surface area contributed by atoms with Crippen molar-refractivity contribution in [2.24, 2.45) is 5.10 Å². The molecule has 0 aliphatic carbocycles. The van der Waals surface area contributed by atoms with Gasteiger partial charge in [-0.25, -0.2) is 5.43 Å². The van der Waals surface area contributed by atoms with Gasteiger partial charge in [-0.05, 0) is 64.3 Å². The molecule has 3 rings (SSSR count). The van der Waals surface area contributed by atoms with E-state index in [1.165, 1.54) is 13.3 Å². The lowest BCUT2D eigenvalue weighted by Crippen LogP contribution is -2.20. The molecule has 188 valence electrons. The van der Waals surface area contributed by atoms with E-state index in [4.69, 9.17) is 32.7 Å². The second-order valence-corrected chi connectivity index (χ2v) is 9.39. The van der Waals surface area contributed by atoms with Crippen LogP contribution in [-0.2, 0) is 16.2 Å². The molecule has 0 atom stereocenters. The van der Waals surface area contributed by atoms with Crippen LogP contribution in [0.4, 0.5) is 5.69 Å². The average Bonchev–Trinajstić information content (AvgIpc) is 2.85. The lowest BCUT2D eigenvalue weighted by atomic mass is 10.2. The first-order chi connectivity index (χ1) is 17.3. The molecule has 0 aromatic heterocycles. The van der Waals surface area contributed by atoms with Crippen LogP contribution in [0.25, 0.3) is 0 Å². The van der Waals surface area contributed by atoms with Crippen molar-refractivity contribution in [2.45, 2.75) is 26.4 Å². The molecular weight excluding hydrogens is 569 g/mol. The lowest BCUT2D eigenvalue weighted by molar-refractivity contribution is -0.124. The zero-order chi connectivity index (χ0) is 26.1. The number of hydrogen-bond acceptors (Lipinski definition) is 5. The van der Waals surface area contributed by atoms with Crippen LogP contribution in [0.5, 0.6) is 11.5 Å². The molecule has 0 fully saturated rings. The van der Waals surface area contributed by atoms with Gasteiger partial charge in [0.15, 0.2) is 11.5 Å². The SMILES string of the molecule is COc1cc(C=NNC(=O)CCC(=O)Nc2ccc(C)c(Cl)c2)cc(Br)c1OCc1ccccc1Cl. The van der Waals surface area contributed by atoms with Crippen LogP contribution < -0.4 is 20.2 Å². The maximum Gasteiger partial charge on any atom is 0.240 e. The van der Waals surface area contributed by atoms with Gasteiger partial charge in [-0.1, -0.05) is 47.5 Å². The summed E-state index contributed by atoms with van der Waals surface area (Å²) in [6.07, 6.45) is 1.45. The van der Waals surface area contributed by atoms with Gasteiger partial charge in [0.25, 0.3) is 0 Å². The summed E-state index contributed by atoms with van der Waals surface area (Å²) in [5, 5.41) is 7.86. The zero-order valence-electron chi connectivity index (χ0n) is 19.6. The molecule has 0 bridgehead atoms. The Labute approximate surface area is 227 Å². The molecule has 0 saturated heterocycles. The summed E-state index contributed by atoms with van der Waals surface area (Å²) in [6, 6.07) is 16.2. The van der Waals surface area contributed by atoms with E-state index in [0.29, 0.717) is 37.3 Å². The summed E-state index contributed by atoms with van der Waals surface area (Å²) in [6.45, 7) is 2.14. The van der Waals surface area contributed by atoms with E-state index in [1.54, 1.807) is 30.3 Å². The number of hydrogen-bond donors (Lipinski definition) is 2. The van der Waals surface area contributed by atoms with Crippen LogP contribution in [0, 0.1) is 6.92 Å². The Balaban J connectivity index is 1.52. The van der Waals surface area contributed by atoms with E-state index in [2.05, 4.69) is 31.8 Å². The van der Waals surface area contributed by atoms with E-state index in [9.17, 15) is 9.59 Å². The molecule has 0 unspecified atom stereocenters. The molecule has 0 radical (unpaired) electrons. The highest BCUT2D eigenvalue weighted by Crippen LogP contribution is 2.37. The molecule has 0 saturated carbocycles. The zero-order valence-corrected chi connectivity index (χ0v) is 22.7. The van der Waals surface area contributed by atoms with Crippen molar-refractivity contribution in [3.05, 3.63) is 85.8 Å². The van der Waals surface area contributed by atoms with Crippen LogP contribution in [-0.4, -0.2) is 25.1 Å². The quantitative estimate of drug-likeness (QED) is 0.207. The Morgan fingerprint density at radius 2 is 1.78 bits per heavy atom. The first kappa shape index (κ1) is 27.5. The minimum Gasteiger partial charge on any atom is -0.493 e. The third-order valence-corrected chi connectivity index (χ3v) is 6.38. The minimum atomic E-state index is -0.394. The number of nitrogens with zero attached hydrogens (tertiary/aromatic N) is 1. The van der Waals surface area contributed by atoms with Crippen molar-refractivity contribution in [1.29, 1.82) is 0 Å². The summed E-state index contributed by atoms with van der Waals surface area (Å²) in [5.41, 5.74) is 5.42. The van der Waals surface area contributed by atoms with Crippen LogP contribution in [0.1, 0.15) is 29.5 Å². The van der Waals surface area contributed by atoms with Gasteiger partial charge >= 0.3 is 0 Å². The smallest absolute Gasteiger partial charge is 0.240 e. The minimum absolute atomic E-state index is 0.00366. The summed E-state index contributed by atoms with van der Waals surface area (Å²) in [7, 11) is 1.53. The predicted octanol–water partition coefficient (Wildman–Crippen LogP) is 6.52. The number of benzene rings is 3. The van der Waals surface area contributed by atoms with E-state index < -0.39 is 5.91 Å². The molecule has 36 heavy (non-hydrogen) atoms. The Kier molecular flexibility index (Phi) is 10.2. The number of halogens is 3. The van der Waals surface area contributed by atoms with Gasteiger partial charge in [-0.2, -0.15) is 5.10 Å². The maximum absolute atomic E-state index is 12.1. The lowest BCUT2D eigenvalue weighted by Gasteiger charge is -2.14. The van der Waals surface area contributed by atoms with Gasteiger partial charge in [-0.15, -0.1) is 0 Å². The largest absolute Gasteiger partial charge is 0.493 e. The number of rotatable bonds is 10. The summed E-state index contributed by atoms with van der Waals surface area (Å²) in [5.74, 6) is 0.306. The molecular formula is C26H24BrCl2N3O4. The van der Waals surface area contributed by atoms with Crippen LogP contribution in [0.3, 0.4) is 0 Å². The number of hydrazone groups is 1. The Morgan fingerprint density at radius 3 is 2.50 bits per heavy atom. The molecule has 0 aliphatic heterocycles. The maximum atomic E-state index is 12.1. The third kappa shape index (κ3) is 7.98. The second kappa shape index (κ2) is 13.3. The fourth-order valence-electron chi connectivity index (χ4n) is 3.08. The normalized spacial score (nSPS) is 10.8. The number of aryl methyl sites for hydroxylation is 1. The summed E-state index contributed by atoms with van der Waals surface area (Å²) in [4.78, 5) is 24.2. The average molecular weight is 593 g/mol. The topological polar surface area (TPSA) is 89.0 Å². The van der Waals surface area contributed by atoms with Crippen molar-refractivity contribution in [1.82, 2.24) is 5.43 Å². The van der Waals surface area contributed by atoms with Gasteiger partial charge in [0.05, 0.1) is 17.8 Å². The number of carbonyl (C=O) groups is 2. The van der Waals surface area contributed by atoms with Crippen LogP contribution in [0.15, 0.2) is 64.2 Å². The van der Waals surface area contributed by atoms with Gasteiger partial charge < -0.3 is 14.8 Å². The molecule has 10 heteroatoms. The van der Waals surface area contributed by atoms with E-state index >= 15 is 0 Å². The number of amides is 2. The molecule has 2 N–H and O–H groups in total. The van der Waals surface area contributed by atoms with Crippen LogP contribution >= 0.6 is 39.1 Å². The van der Waals surface area contributed by atoms with Gasteiger partial charge in [0.2, 0.25) is 11.8 Å². The monoisotopic (exact) mass is 591 g/mol. The van der Waals surface area contributed by atoms with E-state index in [0.717, 1.165) is 11.1 Å². The number of ether oxygens (including phenoxy) is 2. The number of nitrogens with one attached hydrogen (secondary N) is 2. The highest BCUT2D eigenvalue weighted by Gasteiger charge is 2.13. The molecule has 0 aliphatic rings. The molecule has 7 nitrogen and oxygen atoms in total. The Hall–Kier alpha value is -3.07. The van der Waals surface area contributed by atoms with Crippen LogP contribution in [0.2, 0.25) is 10.0 Å². The number of carbonyl (C=O) groups excluding carboxylic acids is 2. The standard InChI is InChI=1S/C26H24BrCl2N3O4/c1-16-7-8-19(13-22(16)29)31-24(33)9-10-25(34)32-30-14-17-11-20(27)26(23(12-17)35-2)36-15-18-5-3-4-6-21(18)28/h3-8,11-14H,9-10,15H2,1-2H3,(H,31,33)(H,32,34). The molecule has 3 aromatic rings. The fourth-order valence-corrected chi connectivity index (χ4v) is 4.02. The number of anilines is 1. The predicted molar refractivity (Wildman–Crippen MR) is 146 cm³/mol. The van der Waals surface area contributed by atoms with Crippen molar-refractivity contribution in [3.63, 3.8) is 0 Å². The highest BCUT2D eigenvalue weighted by molar-refractivity contribution is 9.10. The molecule has 3 aromatic carbocycles. The summed E-state index contributed by atoms with van der Waals surface area (Å²) < 4.78 is 12.0. The first-order valence-electron chi connectivity index (χ1n) is 10.9. The second-order valence-electron chi connectivity index (χ2n) is 7.72. The fraction of sp³-hybridized carbons (Fsp3) is 0.192. The summed E-state index contributed by atoms with van der Waals surface area (Å²) >= 11 is 15.7. The van der Waals surface area contributed by atoms with Crippen molar-refractivity contribution < 1.29 is 19.1 Å². The Morgan fingerprint density at radius 1 is 1.03 bits per heavy atom. The molecule has 2 amide bonds.